The second-order valence-corrected chi connectivity index (χ2v) is 3.68. The van der Waals surface area contributed by atoms with Crippen LogP contribution in [0.5, 0.6) is 0 Å². The molecule has 0 unspecified atom stereocenters. The molecule has 0 amide bonds. The van der Waals surface area contributed by atoms with Gasteiger partial charge in [0.1, 0.15) is 0 Å². The van der Waals surface area contributed by atoms with Crippen LogP contribution in [0.4, 0.5) is 0 Å². The SMILES string of the molecule is C[C@H](O)CSC1COC1. The lowest BCUT2D eigenvalue weighted by Crippen LogP contribution is -2.31. The number of aliphatic hydroxyl groups is 1. The molecule has 0 spiro atoms. The topological polar surface area (TPSA) is 29.5 Å². The summed E-state index contributed by atoms with van der Waals surface area (Å²) in [4.78, 5) is 0. The van der Waals surface area contributed by atoms with Gasteiger partial charge in [-0.15, -0.1) is 0 Å². The molecule has 9 heavy (non-hydrogen) atoms. The number of thioether (sulfide) groups is 1. The van der Waals surface area contributed by atoms with Crippen molar-refractivity contribution in [1.82, 2.24) is 0 Å². The maximum atomic E-state index is 8.86. The van der Waals surface area contributed by atoms with Gasteiger partial charge in [-0.1, -0.05) is 0 Å². The van der Waals surface area contributed by atoms with Crippen molar-refractivity contribution in [3.05, 3.63) is 0 Å². The van der Waals surface area contributed by atoms with Crippen molar-refractivity contribution in [3.8, 4) is 0 Å². The molecule has 1 N–H and O–H groups in total. The van der Waals surface area contributed by atoms with Crippen LogP contribution >= 0.6 is 11.8 Å². The molecule has 1 heterocycles. The molecule has 0 aromatic rings. The summed E-state index contributed by atoms with van der Waals surface area (Å²) in [7, 11) is 0. The highest BCUT2D eigenvalue weighted by atomic mass is 32.2. The predicted molar refractivity (Wildman–Crippen MR) is 38.7 cm³/mol. The molecular weight excluding hydrogens is 136 g/mol. The van der Waals surface area contributed by atoms with Crippen molar-refractivity contribution >= 4 is 11.8 Å². The normalized spacial score (nSPS) is 23.3. The van der Waals surface area contributed by atoms with Crippen LogP contribution in [0.25, 0.3) is 0 Å². The van der Waals surface area contributed by atoms with E-state index in [1.54, 1.807) is 11.8 Å². The van der Waals surface area contributed by atoms with E-state index in [0.29, 0.717) is 5.25 Å². The van der Waals surface area contributed by atoms with Gasteiger partial charge in [-0.2, -0.15) is 11.8 Å². The van der Waals surface area contributed by atoms with Crippen LogP contribution in [0.1, 0.15) is 6.92 Å². The average Bonchev–Trinajstić information content (AvgIpc) is 1.60. The zero-order valence-electron chi connectivity index (χ0n) is 5.54. The van der Waals surface area contributed by atoms with Crippen LogP contribution in [0.3, 0.4) is 0 Å². The molecule has 1 fully saturated rings. The van der Waals surface area contributed by atoms with E-state index in [0.717, 1.165) is 19.0 Å². The third kappa shape index (κ3) is 2.56. The monoisotopic (exact) mass is 148 g/mol. The number of rotatable bonds is 3. The fourth-order valence-electron chi connectivity index (χ4n) is 0.586. The lowest BCUT2D eigenvalue weighted by Gasteiger charge is -2.25. The first-order valence-electron chi connectivity index (χ1n) is 3.16. The Balaban J connectivity index is 1.91. The van der Waals surface area contributed by atoms with Gasteiger partial charge >= 0.3 is 0 Å². The Morgan fingerprint density at radius 3 is 2.78 bits per heavy atom. The van der Waals surface area contributed by atoms with Gasteiger partial charge < -0.3 is 9.84 Å². The predicted octanol–water partition coefficient (Wildman–Crippen LogP) is 0.499. The maximum Gasteiger partial charge on any atom is 0.0607 e. The minimum atomic E-state index is -0.171. The third-order valence-electron chi connectivity index (χ3n) is 1.18. The van der Waals surface area contributed by atoms with E-state index in [2.05, 4.69) is 0 Å². The number of hydrogen-bond donors (Lipinski definition) is 1. The van der Waals surface area contributed by atoms with Gasteiger partial charge in [0.05, 0.1) is 24.6 Å². The average molecular weight is 148 g/mol. The summed E-state index contributed by atoms with van der Waals surface area (Å²) >= 11 is 1.80. The van der Waals surface area contributed by atoms with Crippen LogP contribution in [-0.2, 0) is 4.74 Å². The molecule has 1 aliphatic rings. The molecular formula is C6H12O2S. The maximum absolute atomic E-state index is 8.86. The van der Waals surface area contributed by atoms with Gasteiger partial charge in [0.25, 0.3) is 0 Å². The smallest absolute Gasteiger partial charge is 0.0607 e. The molecule has 0 saturated carbocycles. The Morgan fingerprint density at radius 2 is 2.44 bits per heavy atom. The zero-order chi connectivity index (χ0) is 6.69. The van der Waals surface area contributed by atoms with E-state index >= 15 is 0 Å². The van der Waals surface area contributed by atoms with Crippen molar-refractivity contribution in [1.29, 1.82) is 0 Å². The molecule has 1 rings (SSSR count). The standard InChI is InChI=1S/C6H12O2S/c1-5(7)4-9-6-2-8-3-6/h5-7H,2-4H2,1H3/t5-/m0/s1. The molecule has 54 valence electrons. The summed E-state index contributed by atoms with van der Waals surface area (Å²) in [5, 5.41) is 9.51. The van der Waals surface area contributed by atoms with E-state index in [4.69, 9.17) is 9.84 Å². The summed E-state index contributed by atoms with van der Waals surface area (Å²) < 4.78 is 4.96. The van der Waals surface area contributed by atoms with Crippen LogP contribution < -0.4 is 0 Å². The van der Waals surface area contributed by atoms with E-state index in [1.165, 1.54) is 0 Å². The molecule has 1 saturated heterocycles. The third-order valence-corrected chi connectivity index (χ3v) is 2.60. The summed E-state index contributed by atoms with van der Waals surface area (Å²) in [5.41, 5.74) is 0. The molecule has 1 aliphatic heterocycles. The largest absolute Gasteiger partial charge is 0.393 e. The molecule has 0 aromatic heterocycles. The van der Waals surface area contributed by atoms with Gasteiger partial charge in [0.15, 0.2) is 0 Å². The highest BCUT2D eigenvalue weighted by Gasteiger charge is 2.18. The minimum absolute atomic E-state index is 0.171. The Hall–Kier alpha value is 0.270. The lowest BCUT2D eigenvalue weighted by atomic mass is 10.4. The minimum Gasteiger partial charge on any atom is -0.393 e. The zero-order valence-corrected chi connectivity index (χ0v) is 6.36. The van der Waals surface area contributed by atoms with Gasteiger partial charge in [-0.3, -0.25) is 0 Å². The second kappa shape index (κ2) is 3.44. The Kier molecular flexibility index (Phi) is 2.82. The second-order valence-electron chi connectivity index (χ2n) is 2.34. The number of aliphatic hydroxyl groups excluding tert-OH is 1. The van der Waals surface area contributed by atoms with E-state index < -0.39 is 0 Å². The van der Waals surface area contributed by atoms with E-state index in [-0.39, 0.29) is 6.10 Å². The molecule has 0 aliphatic carbocycles. The molecule has 0 bridgehead atoms. The Bertz CT molecular complexity index is 81.1. The van der Waals surface area contributed by atoms with Crippen molar-refractivity contribution in [3.63, 3.8) is 0 Å². The quantitative estimate of drug-likeness (QED) is 0.632. The first-order chi connectivity index (χ1) is 4.29. The van der Waals surface area contributed by atoms with Crippen molar-refractivity contribution in [2.75, 3.05) is 19.0 Å². The van der Waals surface area contributed by atoms with Crippen LogP contribution in [0.15, 0.2) is 0 Å². The Labute approximate surface area is 59.6 Å². The number of hydrogen-bond acceptors (Lipinski definition) is 3. The summed E-state index contributed by atoms with van der Waals surface area (Å²) in [5.74, 6) is 0.841. The lowest BCUT2D eigenvalue weighted by molar-refractivity contribution is 0.0453. The number of ether oxygens (including phenoxy) is 1. The molecule has 1 atom stereocenters. The fourth-order valence-corrected chi connectivity index (χ4v) is 1.52. The molecule has 0 aromatic carbocycles. The van der Waals surface area contributed by atoms with E-state index in [9.17, 15) is 0 Å². The first kappa shape index (κ1) is 7.38. The first-order valence-corrected chi connectivity index (χ1v) is 4.21. The van der Waals surface area contributed by atoms with Crippen molar-refractivity contribution in [2.24, 2.45) is 0 Å². The molecule has 2 nitrogen and oxygen atoms in total. The van der Waals surface area contributed by atoms with Crippen molar-refractivity contribution < 1.29 is 9.84 Å². The summed E-state index contributed by atoms with van der Waals surface area (Å²) in [6.45, 7) is 3.56. The summed E-state index contributed by atoms with van der Waals surface area (Å²) in [6.07, 6.45) is -0.171. The summed E-state index contributed by atoms with van der Waals surface area (Å²) in [6, 6.07) is 0. The fraction of sp³-hybridized carbons (Fsp3) is 1.00. The van der Waals surface area contributed by atoms with E-state index in [1.807, 2.05) is 6.92 Å². The molecule has 3 heteroatoms. The van der Waals surface area contributed by atoms with Gasteiger partial charge in [0, 0.05) is 5.75 Å². The van der Waals surface area contributed by atoms with Gasteiger partial charge in [0.2, 0.25) is 0 Å². The molecule has 0 radical (unpaired) electrons. The van der Waals surface area contributed by atoms with Crippen LogP contribution in [0, 0.1) is 0 Å². The highest BCUT2D eigenvalue weighted by molar-refractivity contribution is 8.00. The van der Waals surface area contributed by atoms with Gasteiger partial charge in [-0.05, 0) is 6.92 Å². The highest BCUT2D eigenvalue weighted by Crippen LogP contribution is 2.19. The van der Waals surface area contributed by atoms with Crippen molar-refractivity contribution in [2.45, 2.75) is 18.3 Å². The van der Waals surface area contributed by atoms with Crippen LogP contribution in [0.2, 0.25) is 0 Å². The Morgan fingerprint density at radius 1 is 1.78 bits per heavy atom. The van der Waals surface area contributed by atoms with Crippen LogP contribution in [-0.4, -0.2) is 35.4 Å². The van der Waals surface area contributed by atoms with Gasteiger partial charge in [-0.25, -0.2) is 0 Å².